The van der Waals surface area contributed by atoms with Crippen LogP contribution in [0.25, 0.3) is 22.4 Å². The van der Waals surface area contributed by atoms with Crippen molar-refractivity contribution < 1.29 is 32.5 Å². The first-order valence-electron chi connectivity index (χ1n) is 15.4. The number of rotatable bonds is 14. The largest absolute Gasteiger partial charge is 0.494 e. The van der Waals surface area contributed by atoms with E-state index in [4.69, 9.17) is 29.0 Å². The highest BCUT2D eigenvalue weighted by Gasteiger charge is 2.20. The van der Waals surface area contributed by atoms with Crippen LogP contribution in [-0.2, 0) is 16.0 Å². The molecule has 3 heterocycles. The van der Waals surface area contributed by atoms with Crippen LogP contribution < -0.4 is 20.1 Å². The average molecular weight is 662 g/mol. The fourth-order valence-electron chi connectivity index (χ4n) is 4.65. The van der Waals surface area contributed by atoms with Gasteiger partial charge in [0.15, 0.2) is 17.4 Å². The van der Waals surface area contributed by atoms with Crippen molar-refractivity contribution in [3.63, 3.8) is 0 Å². The molecule has 2 aromatic carbocycles. The minimum atomic E-state index is -0.732. The number of benzene rings is 2. The molecule has 5 aromatic rings. The molecule has 0 bridgehead atoms. The van der Waals surface area contributed by atoms with Crippen molar-refractivity contribution in [1.82, 2.24) is 30.0 Å². The molecule has 48 heavy (non-hydrogen) atoms. The first-order chi connectivity index (χ1) is 23.1. The number of alkyl carbamates (subject to hydrolysis) is 1. The standard InChI is InChI=1S/C34H37F2N7O5/c1-5-46-23-18-26(35)25(27(36)19-23)21-43-28-9-7-6-8-24(28)30(42-43)32-39-20-29(31(41-32)40-22-10-12-37-13-11-22)47-17-16-45-15-14-38-33(44)48-34(2,3)4/h6-13,18-20H,5,14-17,21H2,1-4H3,(H,38,44)(H,37,39,40,41). The van der Waals surface area contributed by atoms with Crippen molar-refractivity contribution in [3.05, 3.63) is 84.3 Å². The van der Waals surface area contributed by atoms with E-state index in [2.05, 4.69) is 20.6 Å². The number of nitrogens with one attached hydrogen (secondary N) is 2. The number of para-hydroxylation sites is 1. The van der Waals surface area contributed by atoms with Crippen molar-refractivity contribution >= 4 is 28.5 Å². The first kappa shape index (κ1) is 34.0. The van der Waals surface area contributed by atoms with E-state index in [1.807, 2.05) is 24.3 Å². The maximum absolute atomic E-state index is 15.0. The second-order valence-electron chi connectivity index (χ2n) is 11.5. The molecule has 0 radical (unpaired) electrons. The van der Waals surface area contributed by atoms with Gasteiger partial charge in [0, 0.05) is 47.7 Å². The molecule has 5 rings (SSSR count). The van der Waals surface area contributed by atoms with Gasteiger partial charge in [0.2, 0.25) is 0 Å². The molecule has 1 amide bonds. The minimum Gasteiger partial charge on any atom is -0.494 e. The molecule has 0 aliphatic carbocycles. The van der Waals surface area contributed by atoms with Crippen molar-refractivity contribution in [1.29, 1.82) is 0 Å². The number of hydrogen-bond donors (Lipinski definition) is 2. The van der Waals surface area contributed by atoms with Gasteiger partial charge in [0.05, 0.1) is 38.1 Å². The molecule has 0 aliphatic heterocycles. The smallest absolute Gasteiger partial charge is 0.407 e. The Morgan fingerprint density at radius 2 is 1.73 bits per heavy atom. The summed E-state index contributed by atoms with van der Waals surface area (Å²) in [7, 11) is 0. The quantitative estimate of drug-likeness (QED) is 0.131. The molecule has 0 fully saturated rings. The van der Waals surface area contributed by atoms with Crippen LogP contribution in [0, 0.1) is 11.6 Å². The first-order valence-corrected chi connectivity index (χ1v) is 15.4. The van der Waals surface area contributed by atoms with Gasteiger partial charge in [-0.3, -0.25) is 9.67 Å². The third-order valence-electron chi connectivity index (χ3n) is 6.70. The number of aromatic nitrogens is 5. The van der Waals surface area contributed by atoms with Crippen LogP contribution >= 0.6 is 0 Å². The fraction of sp³-hybridized carbons (Fsp3) is 0.324. The second kappa shape index (κ2) is 15.5. The molecular weight excluding hydrogens is 624 g/mol. The van der Waals surface area contributed by atoms with E-state index in [0.717, 1.165) is 0 Å². The lowest BCUT2D eigenvalue weighted by atomic mass is 10.1. The summed E-state index contributed by atoms with van der Waals surface area (Å²) in [6.07, 6.45) is 4.28. The Hall–Kier alpha value is -5.37. The topological polar surface area (TPSA) is 135 Å². The summed E-state index contributed by atoms with van der Waals surface area (Å²) in [5.41, 5.74) is 1.04. The van der Waals surface area contributed by atoms with Crippen molar-refractivity contribution in [3.8, 4) is 23.0 Å². The van der Waals surface area contributed by atoms with Crippen molar-refractivity contribution in [2.24, 2.45) is 0 Å². The van der Waals surface area contributed by atoms with Gasteiger partial charge in [0.1, 0.15) is 35.3 Å². The van der Waals surface area contributed by atoms with Crippen molar-refractivity contribution in [2.75, 3.05) is 38.3 Å². The maximum Gasteiger partial charge on any atom is 0.407 e. The Balaban J connectivity index is 1.34. The molecule has 0 saturated heterocycles. The van der Waals surface area contributed by atoms with Gasteiger partial charge in [0.25, 0.3) is 0 Å². The Labute approximate surface area is 276 Å². The lowest BCUT2D eigenvalue weighted by Crippen LogP contribution is -2.34. The lowest BCUT2D eigenvalue weighted by molar-refractivity contribution is 0.0488. The second-order valence-corrected chi connectivity index (χ2v) is 11.5. The number of halogens is 2. The Morgan fingerprint density at radius 1 is 0.979 bits per heavy atom. The molecule has 12 nitrogen and oxygen atoms in total. The predicted octanol–water partition coefficient (Wildman–Crippen LogP) is 6.28. The third kappa shape index (κ3) is 8.91. The molecule has 0 spiro atoms. The molecule has 14 heteroatoms. The van der Waals surface area contributed by atoms with Gasteiger partial charge in [-0.15, -0.1) is 0 Å². The maximum atomic E-state index is 15.0. The highest BCUT2D eigenvalue weighted by atomic mass is 19.1. The third-order valence-corrected chi connectivity index (χ3v) is 6.70. The van der Waals surface area contributed by atoms with Crippen molar-refractivity contribution in [2.45, 2.75) is 39.8 Å². The number of pyridine rings is 1. The van der Waals surface area contributed by atoms with Crippen LogP contribution in [0.3, 0.4) is 0 Å². The van der Waals surface area contributed by atoms with Gasteiger partial charge < -0.3 is 29.6 Å². The van der Waals surface area contributed by atoms with Crippen LogP contribution in [0.4, 0.5) is 25.1 Å². The van der Waals surface area contributed by atoms with E-state index in [-0.39, 0.29) is 56.7 Å². The lowest BCUT2D eigenvalue weighted by Gasteiger charge is -2.19. The van der Waals surface area contributed by atoms with E-state index in [1.165, 1.54) is 23.0 Å². The number of carbonyl (C=O) groups is 1. The molecule has 0 unspecified atom stereocenters. The predicted molar refractivity (Wildman–Crippen MR) is 175 cm³/mol. The molecule has 2 N–H and O–H groups in total. The monoisotopic (exact) mass is 661 g/mol. The van der Waals surface area contributed by atoms with Crippen LogP contribution in [-0.4, -0.2) is 69.4 Å². The average Bonchev–Trinajstić information content (AvgIpc) is 3.41. The number of hydrogen-bond acceptors (Lipinski definition) is 10. The molecular formula is C34H37F2N7O5. The number of amides is 1. The normalized spacial score (nSPS) is 11.4. The van der Waals surface area contributed by atoms with Gasteiger partial charge in [-0.2, -0.15) is 5.10 Å². The molecule has 0 aliphatic rings. The van der Waals surface area contributed by atoms with E-state index in [0.29, 0.717) is 33.9 Å². The summed E-state index contributed by atoms with van der Waals surface area (Å²) in [5.74, 6) is -0.359. The minimum absolute atomic E-state index is 0.119. The van der Waals surface area contributed by atoms with Crippen LogP contribution in [0.2, 0.25) is 0 Å². The summed E-state index contributed by atoms with van der Waals surface area (Å²) in [6, 6.07) is 13.2. The van der Waals surface area contributed by atoms with Gasteiger partial charge in [-0.1, -0.05) is 18.2 Å². The summed E-state index contributed by atoms with van der Waals surface area (Å²) < 4.78 is 53.5. The Kier molecular flexibility index (Phi) is 11.0. The summed E-state index contributed by atoms with van der Waals surface area (Å²) in [4.78, 5) is 25.1. The molecule has 0 saturated carbocycles. The van der Waals surface area contributed by atoms with E-state index in [1.54, 1.807) is 52.2 Å². The number of nitrogens with zero attached hydrogens (tertiary/aromatic N) is 5. The molecule has 252 valence electrons. The van der Waals surface area contributed by atoms with Gasteiger partial charge >= 0.3 is 6.09 Å². The van der Waals surface area contributed by atoms with E-state index in [9.17, 15) is 13.6 Å². The zero-order valence-electron chi connectivity index (χ0n) is 27.1. The number of carbonyl (C=O) groups excluding carboxylic acids is 1. The number of ether oxygens (including phenoxy) is 4. The van der Waals surface area contributed by atoms with Gasteiger partial charge in [-0.25, -0.2) is 23.5 Å². The zero-order valence-corrected chi connectivity index (χ0v) is 27.1. The number of anilines is 2. The Bertz CT molecular complexity index is 1820. The SMILES string of the molecule is CCOc1cc(F)c(Cn2nc(-c3ncc(OCCOCCNC(=O)OC(C)(C)C)c(Nc4ccncc4)n3)c3ccccc32)c(F)c1. The van der Waals surface area contributed by atoms with Crippen LogP contribution in [0.1, 0.15) is 33.3 Å². The van der Waals surface area contributed by atoms with E-state index >= 15 is 0 Å². The van der Waals surface area contributed by atoms with Gasteiger partial charge in [-0.05, 0) is 45.9 Å². The summed E-state index contributed by atoms with van der Waals surface area (Å²) in [6.45, 7) is 8.19. The molecule has 3 aromatic heterocycles. The number of fused-ring (bicyclic) bond motifs is 1. The zero-order chi connectivity index (χ0) is 34.1. The highest BCUT2D eigenvalue weighted by Crippen LogP contribution is 2.32. The fourth-order valence-corrected chi connectivity index (χ4v) is 4.65. The summed E-state index contributed by atoms with van der Waals surface area (Å²) >= 11 is 0. The summed E-state index contributed by atoms with van der Waals surface area (Å²) in [5, 5.41) is 11.3. The Morgan fingerprint density at radius 3 is 2.46 bits per heavy atom. The van der Waals surface area contributed by atoms with Crippen LogP contribution in [0.15, 0.2) is 67.1 Å². The highest BCUT2D eigenvalue weighted by molar-refractivity contribution is 5.92. The van der Waals surface area contributed by atoms with Crippen LogP contribution in [0.5, 0.6) is 11.5 Å². The van der Waals surface area contributed by atoms with E-state index < -0.39 is 23.3 Å². The molecule has 0 atom stereocenters.